The van der Waals surface area contributed by atoms with E-state index in [4.69, 9.17) is 5.73 Å². The van der Waals surface area contributed by atoms with Gasteiger partial charge in [-0.3, -0.25) is 9.59 Å². The Morgan fingerprint density at radius 1 is 1.42 bits per heavy atom. The minimum atomic E-state index is -0.744. The first-order valence-electron chi connectivity index (χ1n) is 12.1. The van der Waals surface area contributed by atoms with E-state index in [1.807, 2.05) is 13.0 Å². The first kappa shape index (κ1) is 23.3. The second kappa shape index (κ2) is 8.76. The molecule has 36 heavy (non-hydrogen) atoms. The summed E-state index contributed by atoms with van der Waals surface area (Å²) < 4.78 is 0. The number of H-pyrrole nitrogens is 1. The van der Waals surface area contributed by atoms with Gasteiger partial charge in [0.25, 0.3) is 5.91 Å². The van der Waals surface area contributed by atoms with Crippen LogP contribution in [0.5, 0.6) is 0 Å². The van der Waals surface area contributed by atoms with E-state index in [0.717, 1.165) is 41.7 Å². The lowest BCUT2D eigenvalue weighted by molar-refractivity contribution is -0.131. The molecule has 6 rings (SSSR count). The summed E-state index contributed by atoms with van der Waals surface area (Å²) in [4.78, 5) is 29.7. The van der Waals surface area contributed by atoms with E-state index in [9.17, 15) is 14.9 Å². The quantitative estimate of drug-likeness (QED) is 0.427. The molecule has 3 aliphatic rings. The largest absolute Gasteiger partial charge is 0.365 e. The van der Waals surface area contributed by atoms with Crippen LogP contribution in [0.15, 0.2) is 17.5 Å². The summed E-state index contributed by atoms with van der Waals surface area (Å²) >= 11 is 3.10. The van der Waals surface area contributed by atoms with Gasteiger partial charge >= 0.3 is 0 Å². The van der Waals surface area contributed by atoms with Gasteiger partial charge in [-0.1, -0.05) is 5.21 Å². The summed E-state index contributed by atoms with van der Waals surface area (Å²) in [6.07, 6.45) is 3.99. The van der Waals surface area contributed by atoms with Gasteiger partial charge in [0.2, 0.25) is 5.91 Å². The Bertz CT molecular complexity index is 1360. The number of aromatic nitrogens is 4. The van der Waals surface area contributed by atoms with Crippen LogP contribution in [-0.4, -0.2) is 62.0 Å². The van der Waals surface area contributed by atoms with Crippen LogP contribution < -0.4 is 11.1 Å². The van der Waals surface area contributed by atoms with Gasteiger partial charge in [-0.25, -0.2) is 0 Å². The second-order valence-corrected chi connectivity index (χ2v) is 12.0. The van der Waals surface area contributed by atoms with E-state index in [-0.39, 0.29) is 30.6 Å². The first-order chi connectivity index (χ1) is 17.4. The fraction of sp³-hybridized carbons (Fsp3) is 0.500. The number of nitrogens with one attached hydrogen (secondary N) is 2. The predicted molar refractivity (Wildman–Crippen MR) is 133 cm³/mol. The van der Waals surface area contributed by atoms with Gasteiger partial charge in [0.1, 0.15) is 6.04 Å². The molecule has 186 valence electrons. The number of hydrogen-bond acceptors (Lipinski definition) is 9. The smallest absolute Gasteiger partial charge is 0.258 e. The maximum atomic E-state index is 13.1. The Kier molecular flexibility index (Phi) is 5.66. The topological polar surface area (TPSA) is 154 Å². The Labute approximate surface area is 215 Å². The molecule has 5 atom stereocenters. The molecule has 4 N–H and O–H groups in total. The van der Waals surface area contributed by atoms with Crippen LogP contribution in [0.1, 0.15) is 62.6 Å². The van der Waals surface area contributed by atoms with Gasteiger partial charge in [0.05, 0.1) is 22.9 Å². The molecule has 3 aromatic heterocycles. The minimum absolute atomic E-state index is 0.0306. The van der Waals surface area contributed by atoms with Crippen molar-refractivity contribution in [1.82, 2.24) is 30.8 Å². The lowest BCUT2D eigenvalue weighted by Crippen LogP contribution is -2.46. The fourth-order valence-electron chi connectivity index (χ4n) is 6.06. The van der Waals surface area contributed by atoms with Crippen LogP contribution in [0.4, 0.5) is 0 Å². The van der Waals surface area contributed by atoms with E-state index in [0.29, 0.717) is 23.0 Å². The summed E-state index contributed by atoms with van der Waals surface area (Å²) in [7, 11) is 0. The number of piperidine rings is 1. The molecule has 12 heteroatoms. The first-order valence-corrected chi connectivity index (χ1v) is 13.8. The van der Waals surface area contributed by atoms with Crippen LogP contribution in [0.2, 0.25) is 0 Å². The Hall–Kier alpha value is -3.14. The van der Waals surface area contributed by atoms with Crippen molar-refractivity contribution in [2.24, 2.45) is 11.7 Å². The molecule has 1 saturated heterocycles. The number of carbonyl (C=O) groups excluding carboxylic acids is 2. The number of aryl methyl sites for hydroxylation is 2. The molecular weight excluding hydrogens is 496 g/mol. The lowest BCUT2D eigenvalue weighted by Gasteiger charge is -2.34. The van der Waals surface area contributed by atoms with Gasteiger partial charge in [-0.2, -0.15) is 10.5 Å². The summed E-state index contributed by atoms with van der Waals surface area (Å²) in [5, 5.41) is 30.3. The predicted octanol–water partition coefficient (Wildman–Crippen LogP) is 1.74. The van der Waals surface area contributed by atoms with E-state index < -0.39 is 11.3 Å². The van der Waals surface area contributed by atoms with Crippen molar-refractivity contribution in [3.8, 4) is 6.07 Å². The van der Waals surface area contributed by atoms with Gasteiger partial charge < -0.3 is 16.0 Å². The van der Waals surface area contributed by atoms with Crippen molar-refractivity contribution < 1.29 is 9.59 Å². The van der Waals surface area contributed by atoms with Crippen LogP contribution >= 0.6 is 22.7 Å². The monoisotopic (exact) mass is 522 g/mol. The number of tetrazole rings is 1. The number of carbonyl (C=O) groups is 2. The van der Waals surface area contributed by atoms with Gasteiger partial charge in [0.15, 0.2) is 5.82 Å². The zero-order valence-corrected chi connectivity index (χ0v) is 21.4. The summed E-state index contributed by atoms with van der Waals surface area (Å²) in [6, 6.07) is 6.09. The molecule has 0 spiro atoms. The SMILES string of the molecule is C[C@@H](CC1(c2nn[nH]n2)c2ccsc2CCc2cc(C(N)=O)sc21)NCC(=O)N1[C@H](C#N)C[C@@H]2C[C@@H]21. The Morgan fingerprint density at radius 2 is 2.28 bits per heavy atom. The maximum Gasteiger partial charge on any atom is 0.258 e. The second-order valence-electron chi connectivity index (χ2n) is 9.96. The minimum Gasteiger partial charge on any atom is -0.365 e. The third kappa shape index (κ3) is 3.65. The highest BCUT2D eigenvalue weighted by atomic mass is 32.1. The molecule has 2 aliphatic carbocycles. The van der Waals surface area contributed by atoms with Crippen molar-refractivity contribution in [2.75, 3.05) is 6.54 Å². The molecule has 1 aliphatic heterocycles. The highest BCUT2D eigenvalue weighted by Crippen LogP contribution is 2.51. The van der Waals surface area contributed by atoms with E-state index in [1.165, 1.54) is 16.2 Å². The van der Waals surface area contributed by atoms with Crippen LogP contribution in [0, 0.1) is 17.2 Å². The fourth-order valence-corrected chi connectivity index (χ4v) is 8.29. The highest BCUT2D eigenvalue weighted by Gasteiger charge is 2.54. The Morgan fingerprint density at radius 3 is 3.03 bits per heavy atom. The summed E-state index contributed by atoms with van der Waals surface area (Å²) in [5.74, 6) is 0.538. The number of thiophene rings is 2. The summed E-state index contributed by atoms with van der Waals surface area (Å²) in [5.41, 5.74) is 7.10. The van der Waals surface area contributed by atoms with Gasteiger partial charge in [-0.05, 0) is 73.6 Å². The Balaban J connectivity index is 1.33. The summed E-state index contributed by atoms with van der Waals surface area (Å²) in [6.45, 7) is 2.20. The molecule has 0 radical (unpaired) electrons. The average molecular weight is 523 g/mol. The molecule has 0 aromatic carbocycles. The number of hydrogen-bond donors (Lipinski definition) is 3. The molecule has 10 nitrogen and oxygen atoms in total. The number of likely N-dealkylation sites (tertiary alicyclic amines) is 1. The number of amides is 2. The number of aromatic amines is 1. The van der Waals surface area contributed by atoms with Crippen molar-refractivity contribution in [2.45, 2.75) is 62.6 Å². The number of nitrogens with two attached hydrogens (primary N) is 1. The zero-order chi connectivity index (χ0) is 25.0. The molecule has 2 amide bonds. The lowest BCUT2D eigenvalue weighted by atomic mass is 9.73. The molecule has 3 aromatic rings. The molecular formula is C24H26N8O2S2. The van der Waals surface area contributed by atoms with Gasteiger partial charge in [0, 0.05) is 21.8 Å². The third-order valence-corrected chi connectivity index (χ3v) is 10.1. The van der Waals surface area contributed by atoms with Crippen molar-refractivity contribution >= 4 is 34.5 Å². The number of nitriles is 1. The van der Waals surface area contributed by atoms with Crippen molar-refractivity contribution in [3.05, 3.63) is 49.1 Å². The highest BCUT2D eigenvalue weighted by molar-refractivity contribution is 7.14. The van der Waals surface area contributed by atoms with Crippen molar-refractivity contribution in [1.29, 1.82) is 5.26 Å². The average Bonchev–Trinajstić information content (AvgIpc) is 3.39. The third-order valence-electron chi connectivity index (χ3n) is 7.75. The van der Waals surface area contributed by atoms with Crippen LogP contribution in [0.25, 0.3) is 0 Å². The molecule has 0 bridgehead atoms. The van der Waals surface area contributed by atoms with E-state index >= 15 is 0 Å². The standard InChI is InChI=1S/C24H26N8O2S2/c1-12(27-11-20(33)32-15(10-25)6-14-7-17(14)32)9-24(23-28-30-31-29-23)16-4-5-35-18(16)3-2-13-8-19(22(26)34)36-21(13)24/h4-5,8,12,14-15,17,27H,2-3,6-7,9,11H2,1H3,(H2,26,34)(H,28,29,30,31)/t12-,14+,15-,17-,24?/m0/s1. The number of rotatable bonds is 7. The van der Waals surface area contributed by atoms with E-state index in [2.05, 4.69) is 43.5 Å². The van der Waals surface area contributed by atoms with Crippen LogP contribution in [-0.2, 0) is 23.1 Å². The maximum absolute atomic E-state index is 13.1. The van der Waals surface area contributed by atoms with Gasteiger partial charge in [-0.15, -0.1) is 32.9 Å². The number of fused-ring (bicyclic) bond motifs is 3. The van der Waals surface area contributed by atoms with E-state index in [1.54, 1.807) is 16.2 Å². The van der Waals surface area contributed by atoms with Crippen LogP contribution in [0.3, 0.4) is 0 Å². The zero-order valence-electron chi connectivity index (χ0n) is 19.7. The molecule has 1 unspecified atom stereocenters. The number of nitrogens with zero attached hydrogens (tertiary/aromatic N) is 5. The molecule has 4 heterocycles. The normalized spacial score (nSPS) is 26.9. The number of primary amides is 1. The molecule has 1 saturated carbocycles. The molecule has 2 fully saturated rings. The van der Waals surface area contributed by atoms with Crippen molar-refractivity contribution in [3.63, 3.8) is 0 Å².